The molecular weight excluding hydrogens is 372 g/mol. The second-order valence-corrected chi connectivity index (χ2v) is 8.35. The van der Waals surface area contributed by atoms with Crippen molar-refractivity contribution in [2.45, 2.75) is 32.4 Å². The van der Waals surface area contributed by atoms with E-state index in [1.54, 1.807) is 6.92 Å². The molecule has 0 aliphatic heterocycles. The van der Waals surface area contributed by atoms with Gasteiger partial charge in [-0.3, -0.25) is 9.69 Å². The fraction of sp³-hybridized carbons (Fsp3) is 0.455. The fourth-order valence-corrected chi connectivity index (χ4v) is 3.76. The maximum absolute atomic E-state index is 11.0. The van der Waals surface area contributed by atoms with Gasteiger partial charge in [-0.15, -0.1) is 0 Å². The van der Waals surface area contributed by atoms with Gasteiger partial charge in [-0.1, -0.05) is 42.1 Å². The van der Waals surface area contributed by atoms with Crippen LogP contribution in [0.4, 0.5) is 0 Å². The highest BCUT2D eigenvalue weighted by Crippen LogP contribution is 2.27. The molecule has 0 spiro atoms. The van der Waals surface area contributed by atoms with Crippen LogP contribution in [-0.2, 0) is 11.3 Å². The first kappa shape index (κ1) is 22.6. The molecule has 1 aliphatic rings. The minimum absolute atomic E-state index is 0.0847. The van der Waals surface area contributed by atoms with Crippen LogP contribution in [0.1, 0.15) is 25.8 Å². The molecule has 0 amide bonds. The second-order valence-electron chi connectivity index (χ2n) is 7.08. The van der Waals surface area contributed by atoms with Crippen LogP contribution in [0, 0.1) is 0 Å². The van der Waals surface area contributed by atoms with Gasteiger partial charge in [0.05, 0.1) is 19.0 Å². The minimum atomic E-state index is -0.182. The van der Waals surface area contributed by atoms with Crippen molar-refractivity contribution in [2.24, 2.45) is 0 Å². The van der Waals surface area contributed by atoms with Gasteiger partial charge in [-0.2, -0.15) is 0 Å². The molecule has 1 aromatic heterocycles. The van der Waals surface area contributed by atoms with Crippen molar-refractivity contribution in [3.05, 3.63) is 60.0 Å². The summed E-state index contributed by atoms with van der Waals surface area (Å²) in [6.07, 6.45) is 15.5. The third-order valence-electron chi connectivity index (χ3n) is 4.89. The molecule has 0 saturated carbocycles. The largest absolute Gasteiger partial charge is 0.395 e. The van der Waals surface area contributed by atoms with E-state index in [1.165, 1.54) is 11.8 Å². The third kappa shape index (κ3) is 7.02. The molecular formula is C22H31N2O3S+. The lowest BCUT2D eigenvalue weighted by Crippen LogP contribution is -2.48. The maximum atomic E-state index is 11.0. The first-order valence-corrected chi connectivity index (χ1v) is 10.6. The summed E-state index contributed by atoms with van der Waals surface area (Å²) in [6, 6.07) is 4.13. The normalized spacial score (nSPS) is 19.4. The van der Waals surface area contributed by atoms with Gasteiger partial charge < -0.3 is 10.2 Å². The minimum Gasteiger partial charge on any atom is -0.395 e. The number of hydrogen-bond acceptors (Lipinski definition) is 5. The average Bonchev–Trinajstić information content (AvgIpc) is 2.68. The van der Waals surface area contributed by atoms with Crippen LogP contribution in [0.5, 0.6) is 0 Å². The number of thioether (sulfide) groups is 1. The number of aromatic nitrogens is 1. The molecule has 1 aromatic rings. The summed E-state index contributed by atoms with van der Waals surface area (Å²) in [5.74, 6) is 0.787. The number of aryl methyl sites for hydroxylation is 1. The molecule has 0 radical (unpaired) electrons. The Bertz CT molecular complexity index is 722. The predicted octanol–water partition coefficient (Wildman–Crippen LogP) is 2.20. The quantitative estimate of drug-likeness (QED) is 0.587. The molecule has 2 rings (SSSR count). The first-order valence-electron chi connectivity index (χ1n) is 9.63. The second kappa shape index (κ2) is 11.3. The molecule has 0 aromatic carbocycles. The lowest BCUT2D eigenvalue weighted by atomic mass is 9.88. The van der Waals surface area contributed by atoms with Crippen molar-refractivity contribution in [1.29, 1.82) is 0 Å². The zero-order chi connectivity index (χ0) is 20.4. The number of rotatable bonds is 10. The molecule has 5 nitrogen and oxygen atoms in total. The standard InChI is InChI=1S/C22H31N2O3S/c1-19(27)28-18-15-23-11-7-21(8-12-23)4-3-20-5-9-22(2,10-6-20)24(13-16-25)14-17-26/h3-9,11-12,25-26H,10,13-18H2,1-2H3/q+1/b4-3+. The van der Waals surface area contributed by atoms with Gasteiger partial charge >= 0.3 is 0 Å². The summed E-state index contributed by atoms with van der Waals surface area (Å²) in [5, 5.41) is 18.7. The Kier molecular flexibility index (Phi) is 9.12. The van der Waals surface area contributed by atoms with E-state index >= 15 is 0 Å². The summed E-state index contributed by atoms with van der Waals surface area (Å²) in [5.41, 5.74) is 2.10. The summed E-state index contributed by atoms with van der Waals surface area (Å²) in [6.45, 7) is 5.81. The Labute approximate surface area is 172 Å². The Balaban J connectivity index is 1.92. The smallest absolute Gasteiger partial charge is 0.186 e. The third-order valence-corrected chi connectivity index (χ3v) is 5.68. The molecule has 1 atom stereocenters. The molecule has 1 heterocycles. The zero-order valence-electron chi connectivity index (χ0n) is 16.8. The topological polar surface area (TPSA) is 64.7 Å². The van der Waals surface area contributed by atoms with Gasteiger partial charge in [0.2, 0.25) is 0 Å². The highest BCUT2D eigenvalue weighted by Gasteiger charge is 2.29. The van der Waals surface area contributed by atoms with Crippen LogP contribution in [0.3, 0.4) is 0 Å². The van der Waals surface area contributed by atoms with Crippen LogP contribution in [-0.4, -0.2) is 57.8 Å². The zero-order valence-corrected chi connectivity index (χ0v) is 17.6. The van der Waals surface area contributed by atoms with E-state index in [0.29, 0.717) is 13.1 Å². The highest BCUT2D eigenvalue weighted by molar-refractivity contribution is 8.13. The molecule has 6 heteroatoms. The van der Waals surface area contributed by atoms with Crippen molar-refractivity contribution >= 4 is 23.0 Å². The van der Waals surface area contributed by atoms with Crippen molar-refractivity contribution < 1.29 is 19.6 Å². The molecule has 0 saturated heterocycles. The molecule has 0 fully saturated rings. The van der Waals surface area contributed by atoms with Crippen molar-refractivity contribution in [3.8, 4) is 0 Å². The summed E-state index contributed by atoms with van der Waals surface area (Å²) in [7, 11) is 0. The number of carbonyl (C=O) groups is 1. The van der Waals surface area contributed by atoms with Gasteiger partial charge in [-0.05, 0) is 24.5 Å². The average molecular weight is 404 g/mol. The number of pyridine rings is 1. The van der Waals surface area contributed by atoms with Crippen molar-refractivity contribution in [3.63, 3.8) is 0 Å². The van der Waals surface area contributed by atoms with Crippen LogP contribution < -0.4 is 4.57 Å². The number of nitrogens with zero attached hydrogens (tertiary/aromatic N) is 2. The molecule has 2 N–H and O–H groups in total. The van der Waals surface area contributed by atoms with E-state index in [2.05, 4.69) is 58.9 Å². The predicted molar refractivity (Wildman–Crippen MR) is 115 cm³/mol. The van der Waals surface area contributed by atoms with Gasteiger partial charge in [0.25, 0.3) is 0 Å². The summed E-state index contributed by atoms with van der Waals surface area (Å²) in [4.78, 5) is 13.1. The van der Waals surface area contributed by atoms with E-state index in [0.717, 1.165) is 29.9 Å². The van der Waals surface area contributed by atoms with E-state index in [1.807, 2.05) is 12.4 Å². The van der Waals surface area contributed by atoms with Crippen LogP contribution >= 0.6 is 11.8 Å². The van der Waals surface area contributed by atoms with Crippen LogP contribution in [0.25, 0.3) is 6.08 Å². The Morgan fingerprint density at radius 3 is 2.46 bits per heavy atom. The highest BCUT2D eigenvalue weighted by atomic mass is 32.2. The number of aliphatic hydroxyl groups is 2. The fourth-order valence-electron chi connectivity index (χ4n) is 3.17. The van der Waals surface area contributed by atoms with Crippen molar-refractivity contribution in [2.75, 3.05) is 32.1 Å². The van der Waals surface area contributed by atoms with Gasteiger partial charge in [-0.25, -0.2) is 4.57 Å². The van der Waals surface area contributed by atoms with E-state index in [-0.39, 0.29) is 23.9 Å². The Morgan fingerprint density at radius 2 is 1.93 bits per heavy atom. The molecule has 1 unspecified atom stereocenters. The Hall–Kier alpha value is -1.73. The van der Waals surface area contributed by atoms with Gasteiger partial charge in [0.1, 0.15) is 0 Å². The Morgan fingerprint density at radius 1 is 1.25 bits per heavy atom. The number of hydrogen-bond donors (Lipinski definition) is 2. The molecule has 28 heavy (non-hydrogen) atoms. The lowest BCUT2D eigenvalue weighted by Gasteiger charge is -2.39. The number of aliphatic hydroxyl groups excluding tert-OH is 2. The number of allylic oxidation sites excluding steroid dienone is 3. The van der Waals surface area contributed by atoms with Crippen LogP contribution in [0.2, 0.25) is 0 Å². The summed E-state index contributed by atoms with van der Waals surface area (Å²) >= 11 is 1.35. The van der Waals surface area contributed by atoms with E-state index in [9.17, 15) is 15.0 Å². The first-order chi connectivity index (χ1) is 13.5. The van der Waals surface area contributed by atoms with E-state index in [4.69, 9.17) is 0 Å². The molecule has 1 aliphatic carbocycles. The van der Waals surface area contributed by atoms with Gasteiger partial charge in [0, 0.05) is 37.7 Å². The van der Waals surface area contributed by atoms with E-state index < -0.39 is 0 Å². The molecule has 0 bridgehead atoms. The number of β-amino-alcohol motifs (C(OH)–C–C–N with tert-alkyl or cyclic N) is 2. The SMILES string of the molecule is CC(=O)SCC[n+]1ccc(/C=C/C2=CCC(C)(N(CCO)CCO)C=C2)cc1. The number of carbonyl (C=O) groups excluding carboxylic acids is 1. The molecule has 152 valence electrons. The monoisotopic (exact) mass is 403 g/mol. The van der Waals surface area contributed by atoms with Gasteiger partial charge in [0.15, 0.2) is 24.1 Å². The van der Waals surface area contributed by atoms with Crippen LogP contribution in [0.15, 0.2) is 54.4 Å². The lowest BCUT2D eigenvalue weighted by molar-refractivity contribution is -0.692. The summed E-state index contributed by atoms with van der Waals surface area (Å²) < 4.78 is 2.08. The maximum Gasteiger partial charge on any atom is 0.186 e. The van der Waals surface area contributed by atoms with Crippen molar-refractivity contribution in [1.82, 2.24) is 4.90 Å².